The van der Waals surface area contributed by atoms with E-state index in [4.69, 9.17) is 9.47 Å². The first-order valence-electron chi connectivity index (χ1n) is 11.4. The minimum absolute atomic E-state index is 0.0191. The number of ether oxygens (including phenoxy) is 2. The van der Waals surface area contributed by atoms with Crippen LogP contribution >= 0.6 is 0 Å². The minimum atomic E-state index is -1.23. The lowest BCUT2D eigenvalue weighted by molar-refractivity contribution is -0.135. The monoisotopic (exact) mass is 495 g/mol. The summed E-state index contributed by atoms with van der Waals surface area (Å²) in [7, 11) is 1.39. The number of halogens is 1. The van der Waals surface area contributed by atoms with E-state index in [0.29, 0.717) is 40.9 Å². The third kappa shape index (κ3) is 4.93. The van der Waals surface area contributed by atoms with Crippen LogP contribution in [0, 0.1) is 5.41 Å². The molecule has 1 aliphatic carbocycles. The second-order valence-corrected chi connectivity index (χ2v) is 8.79. The molecule has 0 saturated heterocycles. The van der Waals surface area contributed by atoms with Crippen molar-refractivity contribution < 1.29 is 33.4 Å². The Morgan fingerprint density at radius 1 is 1.06 bits per heavy atom. The van der Waals surface area contributed by atoms with Crippen LogP contribution in [0.2, 0.25) is 0 Å². The summed E-state index contributed by atoms with van der Waals surface area (Å²) in [6.45, 7) is 2.91. The van der Waals surface area contributed by atoms with Gasteiger partial charge in [0.1, 0.15) is 34.4 Å². The molecule has 188 valence electrons. The van der Waals surface area contributed by atoms with E-state index < -0.39 is 35.4 Å². The first-order chi connectivity index (χ1) is 17.1. The van der Waals surface area contributed by atoms with Gasteiger partial charge in [-0.2, -0.15) is 0 Å². The molecule has 1 aromatic heterocycles. The Morgan fingerprint density at radius 3 is 2.33 bits per heavy atom. The van der Waals surface area contributed by atoms with E-state index in [2.05, 4.69) is 15.6 Å². The lowest BCUT2D eigenvalue weighted by Gasteiger charge is -2.20. The Kier molecular flexibility index (Phi) is 6.78. The van der Waals surface area contributed by atoms with Gasteiger partial charge in [-0.15, -0.1) is 0 Å². The molecule has 36 heavy (non-hydrogen) atoms. The number of fused-ring (bicyclic) bond motifs is 1. The van der Waals surface area contributed by atoms with Crippen molar-refractivity contribution in [2.75, 3.05) is 12.4 Å². The van der Waals surface area contributed by atoms with Gasteiger partial charge in [0.25, 0.3) is 0 Å². The van der Waals surface area contributed by atoms with E-state index >= 15 is 0 Å². The maximum Gasteiger partial charge on any atom is 0.339 e. The predicted octanol–water partition coefficient (Wildman–Crippen LogP) is 4.32. The quantitative estimate of drug-likeness (QED) is 0.378. The predicted molar refractivity (Wildman–Crippen MR) is 130 cm³/mol. The number of carbonyl (C=O) groups is 3. The number of nitrogens with one attached hydrogen (secondary N) is 2. The third-order valence-corrected chi connectivity index (χ3v) is 6.26. The summed E-state index contributed by atoms with van der Waals surface area (Å²) < 4.78 is 24.5. The molecule has 0 radical (unpaired) electrons. The van der Waals surface area contributed by atoms with Crippen molar-refractivity contribution in [1.82, 2.24) is 10.3 Å². The van der Waals surface area contributed by atoms with Crippen LogP contribution in [0.3, 0.4) is 0 Å². The van der Waals surface area contributed by atoms with Crippen LogP contribution in [0.5, 0.6) is 17.2 Å². The van der Waals surface area contributed by atoms with E-state index in [9.17, 15) is 23.9 Å². The number of benzene rings is 2. The second kappa shape index (κ2) is 9.80. The minimum Gasteiger partial charge on any atom is -0.496 e. The number of carbonyl (C=O) groups excluding carboxylic acids is 2. The molecule has 1 heterocycles. The molecule has 4 rings (SSSR count). The molecule has 0 aliphatic heterocycles. The molecule has 2 atom stereocenters. The highest BCUT2D eigenvalue weighted by atomic mass is 19.1. The zero-order valence-electron chi connectivity index (χ0n) is 20.0. The zero-order chi connectivity index (χ0) is 26.0. The number of alkyl halides is 1. The van der Waals surface area contributed by atoms with E-state index in [1.54, 1.807) is 37.3 Å². The summed E-state index contributed by atoms with van der Waals surface area (Å²) in [6.07, 6.45) is 1.11. The highest BCUT2D eigenvalue weighted by molar-refractivity contribution is 6.13. The molecular weight excluding hydrogens is 469 g/mol. The molecule has 2 amide bonds. The molecule has 1 saturated carbocycles. The first-order valence-corrected chi connectivity index (χ1v) is 11.4. The van der Waals surface area contributed by atoms with Gasteiger partial charge in [0.2, 0.25) is 11.8 Å². The van der Waals surface area contributed by atoms with Crippen LogP contribution in [0.15, 0.2) is 48.7 Å². The summed E-state index contributed by atoms with van der Waals surface area (Å²) in [4.78, 5) is 41.2. The van der Waals surface area contributed by atoms with E-state index in [1.807, 2.05) is 0 Å². The van der Waals surface area contributed by atoms with Crippen LogP contribution in [0.1, 0.15) is 37.0 Å². The molecule has 9 nitrogen and oxygen atoms in total. The average Bonchev–Trinajstić information content (AvgIpc) is 3.67. The standard InChI is InChI=1S/C26H26FN3O6/c1-14(27)15(2)29-24(33)26(9-10-26)25(34)30-16-4-6-17(7-5-16)36-21-8-11-28-20-13-22(35-3)19(23(31)32)12-18(20)21/h4-8,11-15H,9-10H2,1-3H3,(H,29,33)(H,30,34)(H,31,32)/t14-,15?/m1/s1. The zero-order valence-corrected chi connectivity index (χ0v) is 20.0. The van der Waals surface area contributed by atoms with Crippen molar-refractivity contribution in [2.24, 2.45) is 5.41 Å². The number of carboxylic acids is 1. The Hall–Kier alpha value is -4.21. The molecule has 0 spiro atoms. The molecule has 0 bridgehead atoms. The first kappa shape index (κ1) is 24.9. The Labute approximate surface area is 206 Å². The van der Waals surface area contributed by atoms with Gasteiger partial charge in [-0.3, -0.25) is 14.6 Å². The van der Waals surface area contributed by atoms with Gasteiger partial charge in [0.05, 0.1) is 18.7 Å². The maximum absolute atomic E-state index is 13.4. The van der Waals surface area contributed by atoms with Gasteiger partial charge in [0, 0.05) is 23.3 Å². The van der Waals surface area contributed by atoms with Crippen molar-refractivity contribution in [2.45, 2.75) is 38.9 Å². The number of aromatic carboxylic acids is 1. The van der Waals surface area contributed by atoms with Gasteiger partial charge in [-0.25, -0.2) is 9.18 Å². The lowest BCUT2D eigenvalue weighted by Crippen LogP contribution is -2.46. The van der Waals surface area contributed by atoms with Crippen molar-refractivity contribution in [3.05, 3.63) is 54.2 Å². The highest BCUT2D eigenvalue weighted by Crippen LogP contribution is 2.47. The average molecular weight is 496 g/mol. The topological polar surface area (TPSA) is 127 Å². The summed E-state index contributed by atoms with van der Waals surface area (Å²) in [6, 6.07) is 10.4. The van der Waals surface area contributed by atoms with E-state index in [0.717, 1.165) is 0 Å². The highest BCUT2D eigenvalue weighted by Gasteiger charge is 2.56. The van der Waals surface area contributed by atoms with Crippen LogP contribution in [0.25, 0.3) is 10.9 Å². The lowest BCUT2D eigenvalue weighted by atomic mass is 10.0. The van der Waals surface area contributed by atoms with Crippen LogP contribution in [-0.2, 0) is 9.59 Å². The smallest absolute Gasteiger partial charge is 0.339 e. The Bertz CT molecular complexity index is 1320. The number of amides is 2. The van der Waals surface area contributed by atoms with Gasteiger partial charge >= 0.3 is 5.97 Å². The van der Waals surface area contributed by atoms with Crippen molar-refractivity contribution >= 4 is 34.4 Å². The van der Waals surface area contributed by atoms with Gasteiger partial charge < -0.3 is 25.2 Å². The fraction of sp³-hybridized carbons (Fsp3) is 0.308. The van der Waals surface area contributed by atoms with E-state index in [-0.39, 0.29) is 11.3 Å². The van der Waals surface area contributed by atoms with E-state index in [1.165, 1.54) is 32.4 Å². The van der Waals surface area contributed by atoms with Crippen molar-refractivity contribution in [3.8, 4) is 17.2 Å². The number of hydrogen-bond donors (Lipinski definition) is 3. The summed E-state index contributed by atoms with van der Waals surface area (Å²) in [5.41, 5.74) is -0.232. The second-order valence-electron chi connectivity index (χ2n) is 8.79. The SMILES string of the molecule is COc1cc2nccc(Oc3ccc(NC(=O)C4(C(=O)NC(C)[C@@H](C)F)CC4)cc3)c2cc1C(=O)O. The largest absolute Gasteiger partial charge is 0.496 e. The number of nitrogens with zero attached hydrogens (tertiary/aromatic N) is 1. The molecule has 3 N–H and O–H groups in total. The van der Waals surface area contributed by atoms with Gasteiger partial charge in [-0.1, -0.05) is 0 Å². The summed E-state index contributed by atoms with van der Waals surface area (Å²) >= 11 is 0. The molecule has 1 unspecified atom stereocenters. The van der Waals surface area contributed by atoms with Crippen molar-refractivity contribution in [1.29, 1.82) is 0 Å². The number of aromatic nitrogens is 1. The van der Waals surface area contributed by atoms with Gasteiger partial charge in [-0.05, 0) is 63.1 Å². The number of rotatable bonds is 9. The van der Waals surface area contributed by atoms with Gasteiger partial charge in [0.15, 0.2) is 0 Å². The summed E-state index contributed by atoms with van der Waals surface area (Å²) in [5.74, 6) is -1.03. The Morgan fingerprint density at radius 2 is 1.75 bits per heavy atom. The number of pyridine rings is 1. The number of hydrogen-bond acceptors (Lipinski definition) is 6. The molecular formula is C26H26FN3O6. The number of methoxy groups -OCH3 is 1. The van der Waals surface area contributed by atoms with Crippen LogP contribution in [0.4, 0.5) is 10.1 Å². The normalized spacial score (nSPS) is 15.4. The molecule has 1 aliphatic rings. The fourth-order valence-electron chi connectivity index (χ4n) is 3.70. The van der Waals surface area contributed by atoms with Crippen LogP contribution in [-0.4, -0.2) is 47.2 Å². The maximum atomic E-state index is 13.4. The number of anilines is 1. The Balaban J connectivity index is 1.48. The fourth-order valence-corrected chi connectivity index (χ4v) is 3.70. The molecule has 10 heteroatoms. The van der Waals surface area contributed by atoms with Crippen molar-refractivity contribution in [3.63, 3.8) is 0 Å². The summed E-state index contributed by atoms with van der Waals surface area (Å²) in [5, 5.41) is 15.3. The molecule has 2 aromatic carbocycles. The third-order valence-electron chi connectivity index (χ3n) is 6.26. The number of carboxylic acid groups (broad SMARTS) is 1. The molecule has 1 fully saturated rings. The molecule has 3 aromatic rings. The van der Waals surface area contributed by atoms with Crippen LogP contribution < -0.4 is 20.1 Å².